The van der Waals surface area contributed by atoms with Gasteiger partial charge in [0.25, 0.3) is 0 Å². The van der Waals surface area contributed by atoms with Crippen LogP contribution < -0.4 is 0 Å². The molecule has 12 N–H and O–H groups in total. The summed E-state index contributed by atoms with van der Waals surface area (Å²) in [6.07, 6.45) is -43.5. The van der Waals surface area contributed by atoms with E-state index in [0.717, 1.165) is 7.11 Å². The number of aliphatic hydroxyl groups excluding tert-OH is 10. The number of rotatable bonds is 18. The predicted octanol–water partition coefficient (Wildman–Crippen LogP) is -4.22. The Morgan fingerprint density at radius 1 is 0.609 bits per heavy atom. The first-order valence-corrected chi connectivity index (χ1v) is 31.5. The number of aliphatic hydroxyl groups is 10. The lowest BCUT2D eigenvalue weighted by molar-refractivity contribution is -0.403. The molecule has 87 heavy (non-hydrogen) atoms. The summed E-state index contributed by atoms with van der Waals surface area (Å²) in [5.74, 6) is -1.47. The number of ketones is 3. The number of ether oxygens (including phenoxy) is 11. The molecular weight excluding hydrogens is 1210 g/mol. The van der Waals surface area contributed by atoms with Gasteiger partial charge in [0.15, 0.2) is 43.0 Å². The summed E-state index contributed by atoms with van der Waals surface area (Å²) in [6.45, 7) is 8.77. The molecule has 9 rings (SSSR count). The summed E-state index contributed by atoms with van der Waals surface area (Å²) in [6, 6.07) is 0. The van der Waals surface area contributed by atoms with Crippen molar-refractivity contribution in [3.8, 4) is 0 Å². The molecule has 0 radical (unpaired) electrons. The Labute approximate surface area is 501 Å². The molecular formula is C53H82O32S2. The standard InChI is InChI=1S/C53H82O32S2/c1-19(55)21-9-12-52(6)31-22(56)13-28-50(3,4)29(10-11-51(28,5)30(31)23(57)14-53(21,52)7)80-48-43(35(62)27(17-75-48)85-87(70,71)72)84-49-44(83-45-36(63)32(59)24(58)16-74-45)37(64)40(20(2)77-49)81-47-39(66)42(34(61)26(79-47)18-76-86(67,68)69)82-46-38(65)41(73-8)33(60)25(15-54)78-46/h20-21,24-29,32-49,54,58-66H,9-18H2,1-8H3,(H,67,68,69)(H,70,71,72). The molecule has 5 heterocycles. The Morgan fingerprint density at radius 2 is 1.20 bits per heavy atom. The van der Waals surface area contributed by atoms with Crippen molar-refractivity contribution in [2.75, 3.05) is 33.5 Å². The topological polar surface area (TPSA) is 482 Å². The Balaban J connectivity index is 1.01. The monoisotopic (exact) mass is 1290 g/mol. The minimum Gasteiger partial charge on any atom is -0.394 e. The van der Waals surface area contributed by atoms with E-state index in [2.05, 4.69) is 4.18 Å². The largest absolute Gasteiger partial charge is 0.397 e. The van der Waals surface area contributed by atoms with E-state index in [1.807, 2.05) is 34.6 Å². The van der Waals surface area contributed by atoms with Gasteiger partial charge in [-0.1, -0.05) is 34.6 Å². The van der Waals surface area contributed by atoms with Crippen molar-refractivity contribution in [3.63, 3.8) is 0 Å². The predicted molar refractivity (Wildman–Crippen MR) is 282 cm³/mol. The molecule has 498 valence electrons. The Morgan fingerprint density at radius 3 is 1.82 bits per heavy atom. The lowest BCUT2D eigenvalue weighted by atomic mass is 9.43. The van der Waals surface area contributed by atoms with E-state index in [9.17, 15) is 91.4 Å². The zero-order chi connectivity index (χ0) is 64.2. The van der Waals surface area contributed by atoms with Gasteiger partial charge in [0, 0.05) is 47.8 Å². The molecule has 0 aromatic heterocycles. The summed E-state index contributed by atoms with van der Waals surface area (Å²) in [5, 5.41) is 112. The van der Waals surface area contributed by atoms with E-state index in [1.165, 1.54) is 13.8 Å². The molecule has 0 spiro atoms. The average Bonchev–Trinajstić information content (AvgIpc) is 1.72. The Kier molecular flexibility index (Phi) is 20.2. The second-order valence-corrected chi connectivity index (χ2v) is 27.8. The summed E-state index contributed by atoms with van der Waals surface area (Å²) < 4.78 is 142. The second-order valence-electron chi connectivity index (χ2n) is 25.6. The normalized spacial score (nSPS) is 48.8. The van der Waals surface area contributed by atoms with Crippen molar-refractivity contribution in [1.82, 2.24) is 0 Å². The first kappa shape index (κ1) is 69.0. The fourth-order valence-electron chi connectivity index (χ4n) is 15.3. The Hall–Kier alpha value is -2.35. The third-order valence-electron chi connectivity index (χ3n) is 20.2. The molecule has 7 fully saturated rings. The number of Topliss-reactive ketones (excluding diaryl/α,β-unsaturated/α-hetero) is 3. The van der Waals surface area contributed by atoms with E-state index < -0.39 is 228 Å². The number of hydrogen-bond donors (Lipinski definition) is 12. The fraction of sp³-hybridized carbons (Fsp3) is 0.906. The van der Waals surface area contributed by atoms with Gasteiger partial charge in [-0.05, 0) is 56.3 Å². The van der Waals surface area contributed by atoms with E-state index in [4.69, 9.17) is 56.3 Å². The number of methoxy groups -OCH3 is 1. The third kappa shape index (κ3) is 12.8. The zero-order valence-electron chi connectivity index (χ0n) is 48.9. The van der Waals surface area contributed by atoms with Crippen molar-refractivity contribution in [2.45, 2.75) is 234 Å². The summed E-state index contributed by atoms with van der Waals surface area (Å²) >= 11 is 0. The van der Waals surface area contributed by atoms with Crippen molar-refractivity contribution < 1.29 is 152 Å². The molecule has 0 amide bonds. The highest BCUT2D eigenvalue weighted by Crippen LogP contribution is 2.70. The van der Waals surface area contributed by atoms with E-state index in [-0.39, 0.29) is 43.0 Å². The van der Waals surface area contributed by atoms with E-state index >= 15 is 0 Å². The summed E-state index contributed by atoms with van der Waals surface area (Å²) in [5.41, 5.74) is -2.55. The van der Waals surface area contributed by atoms with E-state index in [1.54, 1.807) is 0 Å². The molecule has 2 saturated carbocycles. The van der Waals surface area contributed by atoms with Gasteiger partial charge in [-0.15, -0.1) is 0 Å². The van der Waals surface area contributed by atoms with Crippen LogP contribution >= 0.6 is 0 Å². The molecule has 32 nitrogen and oxygen atoms in total. The minimum absolute atomic E-state index is 0.0158. The highest BCUT2D eigenvalue weighted by atomic mass is 32.3. The molecule has 29 unspecified atom stereocenters. The lowest BCUT2D eigenvalue weighted by Gasteiger charge is -2.61. The maximum atomic E-state index is 14.8. The Bertz CT molecular complexity index is 2790. The molecule has 0 bridgehead atoms. The fourth-order valence-corrected chi connectivity index (χ4v) is 16.1. The van der Waals surface area contributed by atoms with Crippen LogP contribution in [0.1, 0.15) is 87.0 Å². The van der Waals surface area contributed by atoms with Gasteiger partial charge < -0.3 is 103 Å². The molecule has 34 heteroatoms. The number of allylic oxidation sites excluding steroid dienone is 2. The van der Waals surface area contributed by atoms with Crippen LogP contribution in [0.25, 0.3) is 0 Å². The minimum atomic E-state index is -5.34. The van der Waals surface area contributed by atoms with Gasteiger partial charge in [0.2, 0.25) is 0 Å². The van der Waals surface area contributed by atoms with Gasteiger partial charge in [0.05, 0.1) is 38.6 Å². The highest BCUT2D eigenvalue weighted by molar-refractivity contribution is 7.81. The summed E-state index contributed by atoms with van der Waals surface area (Å²) in [4.78, 5) is 42.4. The van der Waals surface area contributed by atoms with Crippen LogP contribution in [-0.2, 0) is 95.7 Å². The average molecular weight is 1300 g/mol. The zero-order valence-corrected chi connectivity index (χ0v) is 50.6. The lowest BCUT2D eigenvalue weighted by Crippen LogP contribution is -2.68. The third-order valence-corrected chi connectivity index (χ3v) is 21.1. The van der Waals surface area contributed by atoms with Gasteiger partial charge in [-0.2, -0.15) is 16.8 Å². The van der Waals surface area contributed by atoms with Gasteiger partial charge in [-0.3, -0.25) is 23.5 Å². The van der Waals surface area contributed by atoms with Crippen LogP contribution in [0, 0.1) is 33.5 Å². The number of fused-ring (bicyclic) bond motifs is 4. The highest BCUT2D eigenvalue weighted by Gasteiger charge is 2.68. The van der Waals surface area contributed by atoms with Crippen molar-refractivity contribution in [3.05, 3.63) is 11.1 Å². The number of carbonyl (C=O) groups is 3. The molecule has 4 aliphatic carbocycles. The SMILES string of the molecule is COC1C(O)C(CO)OC(OC2C(O)C(COS(=O)(=O)O)OC(OC3C(C)OC(OC4C(OC5CCC6(C)C7=C(C(=O)CC6C5(C)C)C5(C)CCC(C(C)=O)C5(C)CC7=O)OCC(OS(=O)(=O)O)C4O)C(OC4OCC(O)C(O)C4O)C3O)C2O)C1O. The quantitative estimate of drug-likeness (QED) is 0.0579. The van der Waals surface area contributed by atoms with Crippen molar-refractivity contribution >= 4 is 38.1 Å². The van der Waals surface area contributed by atoms with Crippen LogP contribution in [-0.4, -0.2) is 275 Å². The number of hydrogen-bond acceptors (Lipinski definition) is 30. The molecule has 0 aromatic carbocycles. The molecule has 9 aliphatic rings. The first-order chi connectivity index (χ1) is 40.4. The second kappa shape index (κ2) is 25.5. The summed E-state index contributed by atoms with van der Waals surface area (Å²) in [7, 11) is -9.50. The van der Waals surface area contributed by atoms with E-state index in [0.29, 0.717) is 24.0 Å². The molecule has 0 aromatic rings. The molecule has 5 saturated heterocycles. The molecule has 5 aliphatic heterocycles. The smallest absolute Gasteiger partial charge is 0.394 e. The first-order valence-electron chi connectivity index (χ1n) is 28.8. The van der Waals surface area contributed by atoms with Crippen molar-refractivity contribution in [1.29, 1.82) is 0 Å². The van der Waals surface area contributed by atoms with Gasteiger partial charge in [0.1, 0.15) is 110 Å². The number of carbonyl (C=O) groups excluding carboxylic acids is 3. The van der Waals surface area contributed by atoms with Crippen molar-refractivity contribution in [2.24, 2.45) is 33.5 Å². The van der Waals surface area contributed by atoms with Crippen LogP contribution in [0.4, 0.5) is 0 Å². The molecule has 29 atom stereocenters. The maximum absolute atomic E-state index is 14.8. The maximum Gasteiger partial charge on any atom is 0.397 e. The van der Waals surface area contributed by atoms with Crippen LogP contribution in [0.15, 0.2) is 11.1 Å². The van der Waals surface area contributed by atoms with Gasteiger partial charge in [-0.25, -0.2) is 8.37 Å². The van der Waals surface area contributed by atoms with Crippen LogP contribution in [0.3, 0.4) is 0 Å². The van der Waals surface area contributed by atoms with Crippen LogP contribution in [0.2, 0.25) is 0 Å². The van der Waals surface area contributed by atoms with Crippen LogP contribution in [0.5, 0.6) is 0 Å². The van der Waals surface area contributed by atoms with Gasteiger partial charge >= 0.3 is 20.8 Å².